The van der Waals surface area contributed by atoms with Gasteiger partial charge in [0.2, 0.25) is 5.91 Å². The molecule has 1 fully saturated rings. The quantitative estimate of drug-likeness (QED) is 0.829. The van der Waals surface area contributed by atoms with Crippen molar-refractivity contribution >= 4 is 5.91 Å². The highest BCUT2D eigenvalue weighted by Gasteiger charge is 2.22. The van der Waals surface area contributed by atoms with Gasteiger partial charge >= 0.3 is 0 Å². The summed E-state index contributed by atoms with van der Waals surface area (Å²) in [7, 11) is 0. The Kier molecular flexibility index (Phi) is 4.09. The van der Waals surface area contributed by atoms with Crippen LogP contribution in [-0.4, -0.2) is 23.5 Å². The van der Waals surface area contributed by atoms with Gasteiger partial charge in [-0.3, -0.25) is 15.1 Å². The predicted molar refractivity (Wildman–Crippen MR) is 66.4 cm³/mol. The topological polar surface area (TPSA) is 54.0 Å². The van der Waals surface area contributed by atoms with Crippen LogP contribution in [0.25, 0.3) is 0 Å². The molecule has 1 aromatic heterocycles. The Morgan fingerprint density at radius 3 is 3.18 bits per heavy atom. The van der Waals surface area contributed by atoms with Gasteiger partial charge in [0.25, 0.3) is 0 Å². The van der Waals surface area contributed by atoms with Crippen LogP contribution in [0.15, 0.2) is 24.5 Å². The van der Waals surface area contributed by atoms with E-state index in [0.717, 1.165) is 31.4 Å². The molecule has 2 rings (SSSR count). The summed E-state index contributed by atoms with van der Waals surface area (Å²) in [5.41, 5.74) is 1.12. The van der Waals surface area contributed by atoms with E-state index >= 15 is 0 Å². The van der Waals surface area contributed by atoms with Crippen molar-refractivity contribution in [3.8, 4) is 0 Å². The molecule has 4 nitrogen and oxygen atoms in total. The molecule has 0 aliphatic carbocycles. The standard InChI is InChI=1S/C13H19N3O/c1-10(11-5-4-7-14-9-11)16-12-6-2-3-8-15-13(12)17/h4-5,7,9-10,12,16H,2-3,6,8H2,1H3,(H,15,17)/t10-,12?/m0/s1. The van der Waals surface area contributed by atoms with Gasteiger partial charge in [-0.2, -0.15) is 0 Å². The highest BCUT2D eigenvalue weighted by molar-refractivity contribution is 5.81. The second kappa shape index (κ2) is 5.77. The van der Waals surface area contributed by atoms with Crippen LogP contribution in [0.2, 0.25) is 0 Å². The summed E-state index contributed by atoms with van der Waals surface area (Å²) in [6, 6.07) is 4.02. The lowest BCUT2D eigenvalue weighted by Gasteiger charge is -2.20. The normalized spacial score (nSPS) is 22.6. The first kappa shape index (κ1) is 12.0. The van der Waals surface area contributed by atoms with Gasteiger partial charge in [0.1, 0.15) is 0 Å². The molecule has 1 unspecified atom stereocenters. The Morgan fingerprint density at radius 1 is 1.53 bits per heavy atom. The molecule has 1 amide bonds. The molecule has 0 radical (unpaired) electrons. The Morgan fingerprint density at radius 2 is 2.41 bits per heavy atom. The maximum Gasteiger partial charge on any atom is 0.237 e. The van der Waals surface area contributed by atoms with E-state index in [1.165, 1.54) is 0 Å². The molecule has 1 aliphatic rings. The van der Waals surface area contributed by atoms with Crippen molar-refractivity contribution in [3.05, 3.63) is 30.1 Å². The molecule has 0 aromatic carbocycles. The highest BCUT2D eigenvalue weighted by Crippen LogP contribution is 2.14. The molecule has 2 N–H and O–H groups in total. The number of aromatic nitrogens is 1. The fourth-order valence-corrected chi connectivity index (χ4v) is 2.13. The van der Waals surface area contributed by atoms with Gasteiger partial charge in [-0.05, 0) is 37.8 Å². The van der Waals surface area contributed by atoms with Crippen molar-refractivity contribution in [1.29, 1.82) is 0 Å². The van der Waals surface area contributed by atoms with Crippen LogP contribution in [0.3, 0.4) is 0 Å². The fourth-order valence-electron chi connectivity index (χ4n) is 2.13. The number of carbonyl (C=O) groups is 1. The minimum absolute atomic E-state index is 0.0762. The second-order valence-corrected chi connectivity index (χ2v) is 4.51. The average molecular weight is 233 g/mol. The maximum absolute atomic E-state index is 11.8. The van der Waals surface area contributed by atoms with Crippen molar-refractivity contribution in [3.63, 3.8) is 0 Å². The summed E-state index contributed by atoms with van der Waals surface area (Å²) in [5.74, 6) is 0.123. The van der Waals surface area contributed by atoms with E-state index in [1.807, 2.05) is 18.3 Å². The van der Waals surface area contributed by atoms with Gasteiger partial charge in [-0.25, -0.2) is 0 Å². The second-order valence-electron chi connectivity index (χ2n) is 4.51. The van der Waals surface area contributed by atoms with E-state index in [4.69, 9.17) is 0 Å². The summed E-state index contributed by atoms with van der Waals surface area (Å²) >= 11 is 0. The average Bonchev–Trinajstić information content (AvgIpc) is 2.56. The molecular formula is C13H19N3O. The molecule has 17 heavy (non-hydrogen) atoms. The molecule has 1 saturated heterocycles. The van der Waals surface area contributed by atoms with Gasteiger partial charge in [-0.15, -0.1) is 0 Å². The van der Waals surface area contributed by atoms with Crippen LogP contribution < -0.4 is 10.6 Å². The van der Waals surface area contributed by atoms with E-state index < -0.39 is 0 Å². The first-order valence-corrected chi connectivity index (χ1v) is 6.21. The SMILES string of the molecule is C[C@H](NC1CCCCNC1=O)c1cccnc1. The molecule has 1 aromatic rings. The highest BCUT2D eigenvalue weighted by atomic mass is 16.2. The molecule has 2 heterocycles. The van der Waals surface area contributed by atoms with Crippen LogP contribution in [0.1, 0.15) is 37.8 Å². The number of pyridine rings is 1. The summed E-state index contributed by atoms with van der Waals surface area (Å²) < 4.78 is 0. The minimum Gasteiger partial charge on any atom is -0.355 e. The van der Waals surface area contributed by atoms with Gasteiger partial charge in [-0.1, -0.05) is 6.07 Å². The Bertz CT molecular complexity index is 366. The lowest BCUT2D eigenvalue weighted by molar-refractivity contribution is -0.123. The van der Waals surface area contributed by atoms with Crippen LogP contribution >= 0.6 is 0 Å². The van der Waals surface area contributed by atoms with Crippen LogP contribution in [0.5, 0.6) is 0 Å². The third-order valence-corrected chi connectivity index (χ3v) is 3.17. The predicted octanol–water partition coefficient (Wildman–Crippen LogP) is 1.40. The Labute approximate surface area is 102 Å². The van der Waals surface area contributed by atoms with E-state index in [0.29, 0.717) is 0 Å². The molecule has 92 valence electrons. The van der Waals surface area contributed by atoms with Crippen LogP contribution in [-0.2, 0) is 4.79 Å². The van der Waals surface area contributed by atoms with Crippen molar-refractivity contribution in [2.45, 2.75) is 38.3 Å². The third-order valence-electron chi connectivity index (χ3n) is 3.17. The Hall–Kier alpha value is -1.42. The summed E-state index contributed by atoms with van der Waals surface area (Å²) in [6.07, 6.45) is 6.68. The number of amides is 1. The first-order valence-electron chi connectivity index (χ1n) is 6.21. The maximum atomic E-state index is 11.8. The lowest BCUT2D eigenvalue weighted by Crippen LogP contribution is -2.43. The van der Waals surface area contributed by atoms with E-state index in [2.05, 4.69) is 22.5 Å². The summed E-state index contributed by atoms with van der Waals surface area (Å²) in [4.78, 5) is 15.9. The van der Waals surface area contributed by atoms with Gasteiger partial charge in [0.15, 0.2) is 0 Å². The van der Waals surface area contributed by atoms with Gasteiger partial charge in [0.05, 0.1) is 6.04 Å². The van der Waals surface area contributed by atoms with Crippen molar-refractivity contribution in [2.75, 3.05) is 6.54 Å². The van der Waals surface area contributed by atoms with E-state index in [1.54, 1.807) is 6.20 Å². The number of carbonyl (C=O) groups excluding carboxylic acids is 1. The minimum atomic E-state index is -0.0762. The number of nitrogens with one attached hydrogen (secondary N) is 2. The molecule has 2 atom stereocenters. The fraction of sp³-hybridized carbons (Fsp3) is 0.538. The van der Waals surface area contributed by atoms with Crippen LogP contribution in [0.4, 0.5) is 0 Å². The molecule has 0 saturated carbocycles. The van der Waals surface area contributed by atoms with E-state index in [9.17, 15) is 4.79 Å². The molecular weight excluding hydrogens is 214 g/mol. The van der Waals surface area contributed by atoms with Crippen molar-refractivity contribution < 1.29 is 4.79 Å². The molecule has 4 heteroatoms. The number of nitrogens with zero attached hydrogens (tertiary/aromatic N) is 1. The van der Waals surface area contributed by atoms with Crippen LogP contribution in [0, 0.1) is 0 Å². The van der Waals surface area contributed by atoms with Gasteiger partial charge < -0.3 is 5.32 Å². The lowest BCUT2D eigenvalue weighted by atomic mass is 10.1. The zero-order valence-corrected chi connectivity index (χ0v) is 10.1. The monoisotopic (exact) mass is 233 g/mol. The third kappa shape index (κ3) is 3.27. The number of rotatable bonds is 3. The smallest absolute Gasteiger partial charge is 0.237 e. The van der Waals surface area contributed by atoms with Gasteiger partial charge in [0, 0.05) is 25.0 Å². The molecule has 0 spiro atoms. The largest absolute Gasteiger partial charge is 0.355 e. The zero-order valence-electron chi connectivity index (χ0n) is 10.1. The van der Waals surface area contributed by atoms with Crippen molar-refractivity contribution in [1.82, 2.24) is 15.6 Å². The first-order chi connectivity index (χ1) is 8.27. The molecule has 0 bridgehead atoms. The molecule has 1 aliphatic heterocycles. The zero-order chi connectivity index (χ0) is 12.1. The summed E-state index contributed by atoms with van der Waals surface area (Å²) in [5, 5.41) is 6.31. The Balaban J connectivity index is 1.97. The van der Waals surface area contributed by atoms with E-state index in [-0.39, 0.29) is 18.0 Å². The number of hydrogen-bond acceptors (Lipinski definition) is 3. The summed E-state index contributed by atoms with van der Waals surface area (Å²) in [6.45, 7) is 2.87. The van der Waals surface area contributed by atoms with Crippen molar-refractivity contribution in [2.24, 2.45) is 0 Å². The number of hydrogen-bond donors (Lipinski definition) is 2.